The van der Waals surface area contributed by atoms with E-state index in [1.165, 1.54) is 11.1 Å². The lowest BCUT2D eigenvalue weighted by Crippen LogP contribution is -2.39. The summed E-state index contributed by atoms with van der Waals surface area (Å²) in [7, 11) is 0. The van der Waals surface area contributed by atoms with E-state index in [9.17, 15) is 4.79 Å². The van der Waals surface area contributed by atoms with E-state index >= 15 is 0 Å². The van der Waals surface area contributed by atoms with Gasteiger partial charge in [-0.15, -0.1) is 12.4 Å². The molecule has 0 unspecified atom stereocenters. The molecule has 3 nitrogen and oxygen atoms in total. The van der Waals surface area contributed by atoms with Crippen LogP contribution in [-0.2, 0) is 11.3 Å². The van der Waals surface area contributed by atoms with Crippen molar-refractivity contribution >= 4 is 24.0 Å². The number of halogens is 1. The fourth-order valence-electron chi connectivity index (χ4n) is 3.92. The lowest BCUT2D eigenvalue weighted by atomic mass is 9.91. The van der Waals surface area contributed by atoms with Crippen LogP contribution in [-0.4, -0.2) is 19.0 Å². The van der Waals surface area contributed by atoms with Crippen LogP contribution in [0.25, 0.3) is 0 Å². The van der Waals surface area contributed by atoms with Gasteiger partial charge in [-0.25, -0.2) is 0 Å². The molecule has 0 aliphatic carbocycles. The number of rotatable bonds is 9. The van der Waals surface area contributed by atoms with E-state index in [4.69, 9.17) is 0 Å². The summed E-state index contributed by atoms with van der Waals surface area (Å²) in [6, 6.07) is 40.9. The first-order valence-electron chi connectivity index (χ1n) is 11.0. The molecule has 4 heteroatoms. The third-order valence-corrected chi connectivity index (χ3v) is 5.58. The molecule has 0 saturated carbocycles. The molecule has 0 aliphatic rings. The number of para-hydroxylation sites is 1. The molecule has 0 bridgehead atoms. The minimum atomic E-state index is 0. The van der Waals surface area contributed by atoms with Gasteiger partial charge in [0.15, 0.2) is 0 Å². The summed E-state index contributed by atoms with van der Waals surface area (Å²) < 4.78 is 0. The predicted molar refractivity (Wildman–Crippen MR) is 139 cm³/mol. The number of amides is 1. The van der Waals surface area contributed by atoms with Gasteiger partial charge in [-0.1, -0.05) is 109 Å². The van der Waals surface area contributed by atoms with Crippen molar-refractivity contribution in [1.82, 2.24) is 5.32 Å². The van der Waals surface area contributed by atoms with E-state index in [-0.39, 0.29) is 30.8 Å². The van der Waals surface area contributed by atoms with Crippen LogP contribution in [0.1, 0.15) is 22.6 Å². The van der Waals surface area contributed by atoms with E-state index in [0.717, 1.165) is 11.3 Å². The highest BCUT2D eigenvalue weighted by Gasteiger charge is 2.18. The van der Waals surface area contributed by atoms with Crippen LogP contribution < -0.4 is 10.2 Å². The van der Waals surface area contributed by atoms with Gasteiger partial charge in [-0.2, -0.15) is 0 Å². The Balaban J connectivity index is 0.00000306. The Morgan fingerprint density at radius 1 is 0.667 bits per heavy atom. The van der Waals surface area contributed by atoms with E-state index in [2.05, 4.69) is 66.0 Å². The first kappa shape index (κ1) is 24.2. The van der Waals surface area contributed by atoms with Crippen LogP contribution in [0, 0.1) is 0 Å². The standard InChI is InChI=1S/C29H28N2O.ClH/c32-29(31(27-19-11-4-12-20-27)23-24-13-5-1-6-14-24)22-30-21-28(25-15-7-2-8-16-25)26-17-9-3-10-18-26;/h1-20,28,30H,21-23H2;1H. The van der Waals surface area contributed by atoms with Gasteiger partial charge >= 0.3 is 0 Å². The average Bonchev–Trinajstić information content (AvgIpc) is 2.87. The summed E-state index contributed by atoms with van der Waals surface area (Å²) in [5, 5.41) is 3.43. The van der Waals surface area contributed by atoms with E-state index in [1.54, 1.807) is 0 Å². The van der Waals surface area contributed by atoms with Crippen molar-refractivity contribution in [2.75, 3.05) is 18.0 Å². The van der Waals surface area contributed by atoms with Gasteiger partial charge in [0.1, 0.15) is 0 Å². The summed E-state index contributed by atoms with van der Waals surface area (Å²) in [5.74, 6) is 0.240. The van der Waals surface area contributed by atoms with Crippen molar-refractivity contribution in [1.29, 1.82) is 0 Å². The van der Waals surface area contributed by atoms with Crippen molar-refractivity contribution in [3.05, 3.63) is 138 Å². The molecule has 0 atom stereocenters. The Kier molecular flexibility index (Phi) is 9.25. The molecule has 4 aromatic carbocycles. The molecule has 0 spiro atoms. The van der Waals surface area contributed by atoms with Crippen LogP contribution in [0.4, 0.5) is 5.69 Å². The van der Waals surface area contributed by atoms with Gasteiger partial charge in [-0.05, 0) is 28.8 Å². The van der Waals surface area contributed by atoms with E-state index in [1.807, 2.05) is 65.6 Å². The number of carbonyl (C=O) groups excluding carboxylic acids is 1. The van der Waals surface area contributed by atoms with Gasteiger partial charge in [-0.3, -0.25) is 4.79 Å². The van der Waals surface area contributed by atoms with Crippen molar-refractivity contribution in [3.8, 4) is 0 Å². The fraction of sp³-hybridized carbons (Fsp3) is 0.138. The van der Waals surface area contributed by atoms with Crippen LogP contribution in [0.3, 0.4) is 0 Å². The van der Waals surface area contributed by atoms with Gasteiger partial charge in [0.2, 0.25) is 5.91 Å². The highest BCUT2D eigenvalue weighted by atomic mass is 35.5. The molecular weight excluding hydrogens is 428 g/mol. The highest BCUT2D eigenvalue weighted by Crippen LogP contribution is 2.24. The summed E-state index contributed by atoms with van der Waals surface area (Å²) in [5.41, 5.74) is 4.49. The number of anilines is 1. The zero-order chi connectivity index (χ0) is 22.0. The normalized spacial score (nSPS) is 10.5. The zero-order valence-electron chi connectivity index (χ0n) is 18.5. The summed E-state index contributed by atoms with van der Waals surface area (Å²) in [6.45, 7) is 1.51. The minimum absolute atomic E-state index is 0. The quantitative estimate of drug-likeness (QED) is 0.332. The second-order valence-electron chi connectivity index (χ2n) is 7.81. The lowest BCUT2D eigenvalue weighted by Gasteiger charge is -2.24. The monoisotopic (exact) mass is 456 g/mol. The maximum absolute atomic E-state index is 13.3. The Hall–Kier alpha value is -3.40. The molecular formula is C29H29ClN2O. The molecule has 0 aliphatic heterocycles. The van der Waals surface area contributed by atoms with Crippen molar-refractivity contribution in [2.24, 2.45) is 0 Å². The van der Waals surface area contributed by atoms with Gasteiger partial charge in [0.25, 0.3) is 0 Å². The summed E-state index contributed by atoms with van der Waals surface area (Å²) in [4.78, 5) is 15.1. The third kappa shape index (κ3) is 6.79. The van der Waals surface area contributed by atoms with Crippen molar-refractivity contribution in [2.45, 2.75) is 12.5 Å². The number of benzene rings is 4. The molecule has 0 fully saturated rings. The molecule has 0 aromatic heterocycles. The number of hydrogen-bond acceptors (Lipinski definition) is 2. The first-order valence-corrected chi connectivity index (χ1v) is 11.0. The van der Waals surface area contributed by atoms with Crippen LogP contribution >= 0.6 is 12.4 Å². The predicted octanol–water partition coefficient (Wildman–Crippen LogP) is 6.06. The molecule has 168 valence electrons. The Morgan fingerprint density at radius 2 is 1.12 bits per heavy atom. The second-order valence-corrected chi connectivity index (χ2v) is 7.81. The SMILES string of the molecule is Cl.O=C(CNCC(c1ccccc1)c1ccccc1)N(Cc1ccccc1)c1ccccc1. The maximum atomic E-state index is 13.3. The number of hydrogen-bond donors (Lipinski definition) is 1. The number of nitrogens with one attached hydrogen (secondary N) is 1. The van der Waals surface area contributed by atoms with Crippen molar-refractivity contribution < 1.29 is 4.79 Å². The Bertz CT molecular complexity index is 1050. The van der Waals surface area contributed by atoms with E-state index < -0.39 is 0 Å². The zero-order valence-corrected chi connectivity index (χ0v) is 19.3. The molecule has 0 heterocycles. The smallest absolute Gasteiger partial charge is 0.241 e. The van der Waals surface area contributed by atoms with Gasteiger partial charge in [0.05, 0.1) is 13.1 Å². The first-order chi connectivity index (χ1) is 15.8. The molecule has 4 aromatic rings. The summed E-state index contributed by atoms with van der Waals surface area (Å²) in [6.07, 6.45) is 0. The molecule has 0 radical (unpaired) electrons. The summed E-state index contributed by atoms with van der Waals surface area (Å²) >= 11 is 0. The van der Waals surface area contributed by atoms with Crippen LogP contribution in [0.2, 0.25) is 0 Å². The number of nitrogens with zero attached hydrogens (tertiary/aromatic N) is 1. The largest absolute Gasteiger partial charge is 0.307 e. The molecule has 1 amide bonds. The highest BCUT2D eigenvalue weighted by molar-refractivity contribution is 5.94. The average molecular weight is 457 g/mol. The minimum Gasteiger partial charge on any atom is -0.307 e. The molecule has 1 N–H and O–H groups in total. The van der Waals surface area contributed by atoms with Crippen molar-refractivity contribution in [3.63, 3.8) is 0 Å². The third-order valence-electron chi connectivity index (χ3n) is 5.58. The Morgan fingerprint density at radius 3 is 1.64 bits per heavy atom. The lowest BCUT2D eigenvalue weighted by molar-refractivity contribution is -0.117. The molecule has 33 heavy (non-hydrogen) atoms. The van der Waals surface area contributed by atoms with E-state index in [0.29, 0.717) is 13.1 Å². The fourth-order valence-corrected chi connectivity index (χ4v) is 3.92. The maximum Gasteiger partial charge on any atom is 0.241 e. The Labute approximate surface area is 202 Å². The van der Waals surface area contributed by atoms with Gasteiger partial charge in [0, 0.05) is 18.2 Å². The number of carbonyl (C=O) groups is 1. The van der Waals surface area contributed by atoms with Crippen LogP contribution in [0.5, 0.6) is 0 Å². The van der Waals surface area contributed by atoms with Crippen LogP contribution in [0.15, 0.2) is 121 Å². The topological polar surface area (TPSA) is 32.3 Å². The molecule has 0 saturated heterocycles. The molecule has 4 rings (SSSR count). The second kappa shape index (κ2) is 12.6. The van der Waals surface area contributed by atoms with Gasteiger partial charge < -0.3 is 10.2 Å².